The quantitative estimate of drug-likeness (QED) is 0.526. The maximum absolute atomic E-state index is 13.8. The van der Waals surface area contributed by atoms with E-state index in [4.69, 9.17) is 0 Å². The van der Waals surface area contributed by atoms with Gasteiger partial charge in [0.25, 0.3) is 0 Å². The van der Waals surface area contributed by atoms with Crippen molar-refractivity contribution >= 4 is 17.4 Å². The van der Waals surface area contributed by atoms with Crippen LogP contribution in [0.5, 0.6) is 5.75 Å². The fourth-order valence-electron chi connectivity index (χ4n) is 1.55. The zero-order valence-corrected chi connectivity index (χ0v) is 10.6. The van der Waals surface area contributed by atoms with Crippen molar-refractivity contribution in [3.8, 4) is 5.75 Å². The van der Waals surface area contributed by atoms with Crippen LogP contribution in [0.1, 0.15) is 5.56 Å². The van der Waals surface area contributed by atoms with Crippen LogP contribution in [0.2, 0.25) is 0 Å². The number of rotatable bonds is 4. The number of halogens is 1. The second-order valence-corrected chi connectivity index (χ2v) is 4.84. The smallest absolute Gasteiger partial charge is 0.305 e. The van der Waals surface area contributed by atoms with Crippen LogP contribution in [0, 0.1) is 15.9 Å². The lowest BCUT2D eigenvalue weighted by Crippen LogP contribution is -1.96. The lowest BCUT2D eigenvalue weighted by Gasteiger charge is -2.04. The molecule has 2 rings (SSSR count). The third kappa shape index (κ3) is 3.23. The predicted octanol–water partition coefficient (Wildman–Crippen LogP) is 3.73. The second kappa shape index (κ2) is 5.71. The molecule has 0 aromatic heterocycles. The molecule has 0 saturated heterocycles. The first-order chi connectivity index (χ1) is 9.08. The molecule has 0 aliphatic heterocycles. The molecule has 2 aromatic rings. The summed E-state index contributed by atoms with van der Waals surface area (Å²) in [5.74, 6) is -0.415. The topological polar surface area (TPSA) is 63.4 Å². The number of benzene rings is 2. The molecule has 0 unspecified atom stereocenters. The van der Waals surface area contributed by atoms with Gasteiger partial charge in [0.1, 0.15) is 5.75 Å². The van der Waals surface area contributed by atoms with Gasteiger partial charge >= 0.3 is 5.69 Å². The molecule has 4 nitrogen and oxygen atoms in total. The van der Waals surface area contributed by atoms with Gasteiger partial charge in [0.05, 0.1) is 4.92 Å². The third-order valence-corrected chi connectivity index (χ3v) is 3.51. The van der Waals surface area contributed by atoms with E-state index in [0.29, 0.717) is 0 Å². The zero-order chi connectivity index (χ0) is 13.8. The number of nitro groups is 1. The minimum atomic E-state index is -0.805. The van der Waals surface area contributed by atoms with Crippen LogP contribution < -0.4 is 0 Å². The summed E-state index contributed by atoms with van der Waals surface area (Å²) in [6.07, 6.45) is 0. The van der Waals surface area contributed by atoms with Crippen molar-refractivity contribution in [3.05, 3.63) is 64.0 Å². The Balaban J connectivity index is 2.16. The van der Waals surface area contributed by atoms with Crippen molar-refractivity contribution < 1.29 is 14.4 Å². The minimum Gasteiger partial charge on any atom is -0.508 e. The van der Waals surface area contributed by atoms with Gasteiger partial charge in [0, 0.05) is 22.3 Å². The van der Waals surface area contributed by atoms with Crippen molar-refractivity contribution in [3.63, 3.8) is 0 Å². The van der Waals surface area contributed by atoms with Crippen LogP contribution in [0.3, 0.4) is 0 Å². The maximum Gasteiger partial charge on any atom is 0.305 e. The summed E-state index contributed by atoms with van der Waals surface area (Å²) < 4.78 is 13.8. The van der Waals surface area contributed by atoms with Gasteiger partial charge < -0.3 is 5.11 Å². The number of nitro benzene ring substituents is 1. The molecule has 0 spiro atoms. The fourth-order valence-corrected chi connectivity index (χ4v) is 2.48. The Morgan fingerprint density at radius 2 is 2.00 bits per heavy atom. The Kier molecular flexibility index (Phi) is 4.01. The predicted molar refractivity (Wildman–Crippen MR) is 70.7 cm³/mol. The van der Waals surface area contributed by atoms with E-state index in [1.165, 1.54) is 30.0 Å². The highest BCUT2D eigenvalue weighted by Crippen LogP contribution is 2.29. The molecule has 1 N–H and O–H groups in total. The third-order valence-electron chi connectivity index (χ3n) is 2.47. The van der Waals surface area contributed by atoms with Crippen LogP contribution in [0.25, 0.3) is 0 Å². The fraction of sp³-hybridized carbons (Fsp3) is 0.0769. The Morgan fingerprint density at radius 1 is 1.26 bits per heavy atom. The van der Waals surface area contributed by atoms with E-state index in [0.717, 1.165) is 11.0 Å². The van der Waals surface area contributed by atoms with Gasteiger partial charge in [0.2, 0.25) is 5.82 Å². The number of phenols is 1. The highest BCUT2D eigenvalue weighted by molar-refractivity contribution is 7.98. The van der Waals surface area contributed by atoms with Crippen LogP contribution in [0.15, 0.2) is 47.4 Å². The number of nitrogens with zero attached hydrogens (tertiary/aromatic N) is 1. The lowest BCUT2D eigenvalue weighted by atomic mass is 10.2. The minimum absolute atomic E-state index is 0.129. The largest absolute Gasteiger partial charge is 0.508 e. The van der Waals surface area contributed by atoms with Gasteiger partial charge in [-0.25, -0.2) is 0 Å². The molecule has 0 aliphatic carbocycles. The molecular weight excluding hydrogens is 269 g/mol. The standard InChI is InChI=1S/C13H10FNO3S/c14-13-9(3-1-6-12(13)15(17)18)8-19-11-5-2-4-10(16)7-11/h1-7,16H,8H2. The van der Waals surface area contributed by atoms with Crippen LogP contribution in [-0.4, -0.2) is 10.0 Å². The average molecular weight is 279 g/mol. The van der Waals surface area contributed by atoms with Crippen molar-refractivity contribution in [2.75, 3.05) is 0 Å². The van der Waals surface area contributed by atoms with Gasteiger partial charge in [0.15, 0.2) is 0 Å². The van der Waals surface area contributed by atoms with Gasteiger partial charge in [-0.1, -0.05) is 18.2 Å². The highest BCUT2D eigenvalue weighted by atomic mass is 32.2. The molecule has 0 amide bonds. The Labute approximate surface area is 113 Å². The van der Waals surface area contributed by atoms with Gasteiger partial charge in [-0.2, -0.15) is 4.39 Å². The van der Waals surface area contributed by atoms with E-state index in [1.807, 2.05) is 0 Å². The van der Waals surface area contributed by atoms with E-state index in [-0.39, 0.29) is 17.1 Å². The van der Waals surface area contributed by atoms with Gasteiger partial charge in [-0.15, -0.1) is 11.8 Å². The lowest BCUT2D eigenvalue weighted by molar-refractivity contribution is -0.387. The van der Waals surface area contributed by atoms with E-state index < -0.39 is 16.4 Å². The second-order valence-electron chi connectivity index (χ2n) is 3.79. The summed E-state index contributed by atoms with van der Waals surface area (Å²) in [6.45, 7) is 0. The number of aromatic hydroxyl groups is 1. The summed E-state index contributed by atoms with van der Waals surface area (Å²) in [7, 11) is 0. The molecular formula is C13H10FNO3S. The molecule has 0 saturated carbocycles. The summed E-state index contributed by atoms with van der Waals surface area (Å²) in [4.78, 5) is 10.6. The van der Waals surface area contributed by atoms with E-state index >= 15 is 0 Å². The first-order valence-electron chi connectivity index (χ1n) is 5.41. The molecule has 2 aromatic carbocycles. The maximum atomic E-state index is 13.8. The normalized spacial score (nSPS) is 10.4. The van der Waals surface area contributed by atoms with Crippen molar-refractivity contribution in [1.82, 2.24) is 0 Å². The Hall–Kier alpha value is -2.08. The summed E-state index contributed by atoms with van der Waals surface area (Å²) >= 11 is 1.30. The van der Waals surface area contributed by atoms with E-state index in [9.17, 15) is 19.6 Å². The molecule has 98 valence electrons. The number of thioether (sulfide) groups is 1. The number of phenolic OH excluding ortho intramolecular Hbond substituents is 1. The highest BCUT2D eigenvalue weighted by Gasteiger charge is 2.16. The van der Waals surface area contributed by atoms with Crippen molar-refractivity contribution in [2.45, 2.75) is 10.6 Å². The molecule has 6 heteroatoms. The Bertz CT molecular complexity index is 619. The molecule has 0 aliphatic rings. The molecule has 0 fully saturated rings. The van der Waals surface area contributed by atoms with E-state index in [1.54, 1.807) is 18.2 Å². The summed E-state index contributed by atoms with van der Waals surface area (Å²) in [5.41, 5.74) is -0.253. The van der Waals surface area contributed by atoms with Crippen LogP contribution in [0.4, 0.5) is 10.1 Å². The first-order valence-corrected chi connectivity index (χ1v) is 6.40. The van der Waals surface area contributed by atoms with E-state index in [2.05, 4.69) is 0 Å². The monoisotopic (exact) mass is 279 g/mol. The van der Waals surface area contributed by atoms with Crippen LogP contribution in [-0.2, 0) is 5.75 Å². The van der Waals surface area contributed by atoms with Gasteiger partial charge in [-0.3, -0.25) is 10.1 Å². The number of hydrogen-bond acceptors (Lipinski definition) is 4. The zero-order valence-electron chi connectivity index (χ0n) is 9.75. The Morgan fingerprint density at radius 3 is 2.68 bits per heavy atom. The average Bonchev–Trinajstić information content (AvgIpc) is 2.37. The number of hydrogen-bond donors (Lipinski definition) is 1. The molecule has 19 heavy (non-hydrogen) atoms. The molecule has 0 bridgehead atoms. The SMILES string of the molecule is O=[N+]([O-])c1cccc(CSc2cccc(O)c2)c1F. The summed E-state index contributed by atoms with van der Waals surface area (Å²) in [5, 5.41) is 19.9. The molecule has 0 heterocycles. The first kappa shape index (κ1) is 13.4. The van der Waals surface area contributed by atoms with Gasteiger partial charge in [-0.05, 0) is 18.2 Å². The summed E-state index contributed by atoms with van der Waals surface area (Å²) in [6, 6.07) is 10.7. The van der Waals surface area contributed by atoms with Crippen LogP contribution >= 0.6 is 11.8 Å². The molecule has 0 radical (unpaired) electrons. The van der Waals surface area contributed by atoms with Crippen molar-refractivity contribution in [1.29, 1.82) is 0 Å². The molecule has 0 atom stereocenters. The van der Waals surface area contributed by atoms with Crippen molar-refractivity contribution in [2.24, 2.45) is 0 Å².